The van der Waals surface area contributed by atoms with Crippen LogP contribution in [0.4, 0.5) is 0 Å². The zero-order chi connectivity index (χ0) is 15.6. The average molecular weight is 301 g/mol. The number of rotatable bonds is 4. The van der Waals surface area contributed by atoms with Gasteiger partial charge in [0.05, 0.1) is 13.2 Å². The summed E-state index contributed by atoms with van der Waals surface area (Å²) in [5, 5.41) is 4.10. The molecule has 5 heteroatoms. The molecule has 1 aromatic heterocycles. The maximum Gasteiger partial charge on any atom is 0.267 e. The second-order valence-electron chi connectivity index (χ2n) is 6.36. The normalized spacial score (nSPS) is 16.8. The van der Waals surface area contributed by atoms with E-state index in [1.165, 1.54) is 0 Å². The molecule has 22 heavy (non-hydrogen) atoms. The van der Waals surface area contributed by atoms with Crippen molar-refractivity contribution in [1.82, 2.24) is 15.2 Å². The number of fused-ring (bicyclic) bond motifs is 1. The van der Waals surface area contributed by atoms with Crippen LogP contribution in [0.25, 0.3) is 10.9 Å². The number of benzene rings is 1. The lowest BCUT2D eigenvalue weighted by atomic mass is 10.0. The lowest BCUT2D eigenvalue weighted by molar-refractivity contribution is -0.00924. The molecule has 0 saturated carbocycles. The number of H-pyrrole nitrogens is 1. The quantitative estimate of drug-likeness (QED) is 0.908. The highest BCUT2D eigenvalue weighted by molar-refractivity contribution is 5.97. The highest BCUT2D eigenvalue weighted by Gasteiger charge is 2.28. The third-order valence-electron chi connectivity index (χ3n) is 4.32. The van der Waals surface area contributed by atoms with Gasteiger partial charge in [0.15, 0.2) is 0 Å². The van der Waals surface area contributed by atoms with E-state index in [0.29, 0.717) is 12.2 Å². The summed E-state index contributed by atoms with van der Waals surface area (Å²) >= 11 is 0. The number of nitrogens with zero attached hydrogens (tertiary/aromatic N) is 1. The van der Waals surface area contributed by atoms with Crippen LogP contribution >= 0.6 is 0 Å². The average Bonchev–Trinajstić information content (AvgIpc) is 2.98. The standard InChI is InChI=1S/C17H23N3O2/c1-17(2,20-7-9-22-10-8-20)12-18-16(21)15-11-13-5-3-4-6-14(13)19-15/h3-6,11,19H,7-10,12H2,1-2H3,(H,18,21). The molecule has 1 saturated heterocycles. The molecular weight excluding hydrogens is 278 g/mol. The van der Waals surface area contributed by atoms with Crippen molar-refractivity contribution in [3.8, 4) is 0 Å². The molecular formula is C17H23N3O2. The van der Waals surface area contributed by atoms with E-state index >= 15 is 0 Å². The van der Waals surface area contributed by atoms with Crippen LogP contribution in [0, 0.1) is 0 Å². The van der Waals surface area contributed by atoms with Gasteiger partial charge in [-0.15, -0.1) is 0 Å². The molecule has 3 rings (SSSR count). The van der Waals surface area contributed by atoms with E-state index in [9.17, 15) is 4.79 Å². The first kappa shape index (κ1) is 15.1. The van der Waals surface area contributed by atoms with Crippen LogP contribution in [0.15, 0.2) is 30.3 Å². The largest absolute Gasteiger partial charge is 0.379 e. The van der Waals surface area contributed by atoms with Gasteiger partial charge in [0.2, 0.25) is 0 Å². The number of aromatic nitrogens is 1. The molecule has 2 aromatic rings. The van der Waals surface area contributed by atoms with Crippen LogP contribution in [-0.4, -0.2) is 54.2 Å². The topological polar surface area (TPSA) is 57.4 Å². The van der Waals surface area contributed by atoms with Crippen LogP contribution in [0.5, 0.6) is 0 Å². The van der Waals surface area contributed by atoms with E-state index in [-0.39, 0.29) is 11.4 Å². The molecule has 2 N–H and O–H groups in total. The molecule has 2 heterocycles. The number of nitrogens with one attached hydrogen (secondary N) is 2. The SMILES string of the molecule is CC(C)(CNC(=O)c1cc2ccccc2[nH]1)N1CCOCC1. The minimum absolute atomic E-state index is 0.0578. The zero-order valence-electron chi connectivity index (χ0n) is 13.2. The van der Waals surface area contributed by atoms with Gasteiger partial charge < -0.3 is 15.0 Å². The monoisotopic (exact) mass is 301 g/mol. The Morgan fingerprint density at radius 2 is 2.05 bits per heavy atom. The van der Waals surface area contributed by atoms with Crippen molar-refractivity contribution in [2.45, 2.75) is 19.4 Å². The van der Waals surface area contributed by atoms with Crippen LogP contribution in [0.1, 0.15) is 24.3 Å². The van der Waals surface area contributed by atoms with E-state index in [1.54, 1.807) is 0 Å². The van der Waals surface area contributed by atoms with Crippen molar-refractivity contribution in [3.05, 3.63) is 36.0 Å². The number of carbonyl (C=O) groups excluding carboxylic acids is 1. The first-order chi connectivity index (χ1) is 10.6. The van der Waals surface area contributed by atoms with Gasteiger partial charge in [0.25, 0.3) is 5.91 Å². The fraction of sp³-hybridized carbons (Fsp3) is 0.471. The number of carbonyl (C=O) groups is 1. The second kappa shape index (κ2) is 6.10. The molecule has 5 nitrogen and oxygen atoms in total. The number of ether oxygens (including phenoxy) is 1. The molecule has 1 aliphatic rings. The molecule has 1 fully saturated rings. The summed E-state index contributed by atoms with van der Waals surface area (Å²) < 4.78 is 5.39. The van der Waals surface area contributed by atoms with Gasteiger partial charge in [-0.05, 0) is 26.0 Å². The Morgan fingerprint density at radius 1 is 1.32 bits per heavy atom. The molecule has 0 radical (unpaired) electrons. The molecule has 0 atom stereocenters. The Hall–Kier alpha value is -1.85. The molecule has 1 aliphatic heterocycles. The number of hydrogen-bond acceptors (Lipinski definition) is 3. The van der Waals surface area contributed by atoms with Crippen LogP contribution in [0.2, 0.25) is 0 Å². The van der Waals surface area contributed by atoms with Crippen molar-refractivity contribution in [1.29, 1.82) is 0 Å². The maximum absolute atomic E-state index is 12.4. The molecule has 0 spiro atoms. The van der Waals surface area contributed by atoms with Crippen LogP contribution in [0.3, 0.4) is 0 Å². The summed E-state index contributed by atoms with van der Waals surface area (Å²) in [5.41, 5.74) is 1.52. The molecule has 0 unspecified atom stereocenters. The summed E-state index contributed by atoms with van der Waals surface area (Å²) in [6.07, 6.45) is 0. The predicted octanol–water partition coefficient (Wildman–Crippen LogP) is 2.01. The van der Waals surface area contributed by atoms with Crippen molar-refractivity contribution < 1.29 is 9.53 Å². The van der Waals surface area contributed by atoms with Gasteiger partial charge in [0, 0.05) is 36.1 Å². The number of hydrogen-bond donors (Lipinski definition) is 2. The van der Waals surface area contributed by atoms with E-state index in [4.69, 9.17) is 4.74 Å². The van der Waals surface area contributed by atoms with Gasteiger partial charge in [-0.1, -0.05) is 18.2 Å². The number of amides is 1. The number of morpholine rings is 1. The van der Waals surface area contributed by atoms with E-state index in [2.05, 4.69) is 29.0 Å². The van der Waals surface area contributed by atoms with Crippen LogP contribution in [-0.2, 0) is 4.74 Å². The van der Waals surface area contributed by atoms with Gasteiger partial charge in [0.1, 0.15) is 5.69 Å². The summed E-state index contributed by atoms with van der Waals surface area (Å²) in [6, 6.07) is 9.80. The Labute approximate surface area is 130 Å². The van der Waals surface area contributed by atoms with Gasteiger partial charge in [-0.25, -0.2) is 0 Å². The lowest BCUT2D eigenvalue weighted by Gasteiger charge is -2.40. The molecule has 1 amide bonds. The molecule has 0 aliphatic carbocycles. The third kappa shape index (κ3) is 3.15. The highest BCUT2D eigenvalue weighted by Crippen LogP contribution is 2.17. The van der Waals surface area contributed by atoms with E-state index in [1.807, 2.05) is 30.3 Å². The summed E-state index contributed by atoms with van der Waals surface area (Å²) in [4.78, 5) is 17.9. The minimum atomic E-state index is -0.0779. The fourth-order valence-electron chi connectivity index (χ4n) is 2.87. The fourth-order valence-corrected chi connectivity index (χ4v) is 2.87. The molecule has 0 bridgehead atoms. The van der Waals surface area contributed by atoms with Crippen LogP contribution < -0.4 is 5.32 Å². The maximum atomic E-state index is 12.4. The molecule has 118 valence electrons. The van der Waals surface area contributed by atoms with Gasteiger partial charge >= 0.3 is 0 Å². The van der Waals surface area contributed by atoms with Gasteiger partial charge in [-0.2, -0.15) is 0 Å². The van der Waals surface area contributed by atoms with Crippen molar-refractivity contribution in [3.63, 3.8) is 0 Å². The predicted molar refractivity (Wildman–Crippen MR) is 87.1 cm³/mol. The zero-order valence-corrected chi connectivity index (χ0v) is 13.2. The summed E-state index contributed by atoms with van der Waals surface area (Å²) in [5.74, 6) is -0.0578. The summed E-state index contributed by atoms with van der Waals surface area (Å²) in [6.45, 7) is 8.28. The van der Waals surface area contributed by atoms with Crippen molar-refractivity contribution in [2.24, 2.45) is 0 Å². The minimum Gasteiger partial charge on any atom is -0.379 e. The number of aromatic amines is 1. The smallest absolute Gasteiger partial charge is 0.267 e. The Morgan fingerprint density at radius 3 is 2.77 bits per heavy atom. The van der Waals surface area contributed by atoms with Gasteiger partial charge in [-0.3, -0.25) is 9.69 Å². The Kier molecular flexibility index (Phi) is 4.18. The van der Waals surface area contributed by atoms with E-state index < -0.39 is 0 Å². The Balaban J connectivity index is 1.63. The highest BCUT2D eigenvalue weighted by atomic mass is 16.5. The van der Waals surface area contributed by atoms with E-state index in [0.717, 1.165) is 37.2 Å². The summed E-state index contributed by atoms with van der Waals surface area (Å²) in [7, 11) is 0. The van der Waals surface area contributed by atoms with Crippen molar-refractivity contribution in [2.75, 3.05) is 32.8 Å². The first-order valence-corrected chi connectivity index (χ1v) is 7.75. The Bertz CT molecular complexity index is 624. The first-order valence-electron chi connectivity index (χ1n) is 7.75. The number of para-hydroxylation sites is 1. The lowest BCUT2D eigenvalue weighted by Crippen LogP contribution is -2.55. The second-order valence-corrected chi connectivity index (χ2v) is 6.36. The third-order valence-corrected chi connectivity index (χ3v) is 4.32. The molecule has 1 aromatic carbocycles. The van der Waals surface area contributed by atoms with Crippen molar-refractivity contribution >= 4 is 16.8 Å².